The molecule has 254 valence electrons. The van der Waals surface area contributed by atoms with Crippen LogP contribution < -0.4 is 5.32 Å². The van der Waals surface area contributed by atoms with Gasteiger partial charge in [0.25, 0.3) is 0 Å². The molecule has 0 atom stereocenters. The van der Waals surface area contributed by atoms with Crippen molar-refractivity contribution < 1.29 is 45.1 Å². The Labute approximate surface area is 268 Å². The quantitative estimate of drug-likeness (QED) is 0.173. The molecule has 1 saturated carbocycles. The number of Topliss-reactive ketones (excluding diaryl/α,β-unsaturated/α-hetero) is 1. The van der Waals surface area contributed by atoms with Crippen molar-refractivity contribution >= 4 is 17.4 Å². The summed E-state index contributed by atoms with van der Waals surface area (Å²) in [5.74, 6) is -1.01. The summed E-state index contributed by atoms with van der Waals surface area (Å²) < 4.78 is 100. The van der Waals surface area contributed by atoms with Gasteiger partial charge in [-0.3, -0.25) is 14.6 Å². The van der Waals surface area contributed by atoms with Crippen LogP contribution in [0.5, 0.6) is 0 Å². The minimum Gasteiger partial charge on any atom is -0.466 e. The summed E-state index contributed by atoms with van der Waals surface area (Å²) in [6.07, 6.45) is -5.02. The number of anilines is 1. The van der Waals surface area contributed by atoms with Gasteiger partial charge in [0.2, 0.25) is 0 Å². The average molecular weight is 667 g/mol. The highest BCUT2D eigenvalue weighted by Gasteiger charge is 2.40. The predicted molar refractivity (Wildman–Crippen MR) is 163 cm³/mol. The van der Waals surface area contributed by atoms with Gasteiger partial charge in [-0.1, -0.05) is 6.07 Å². The van der Waals surface area contributed by atoms with Crippen LogP contribution in [0, 0.1) is 18.7 Å². The summed E-state index contributed by atoms with van der Waals surface area (Å²) in [6.45, 7) is 5.94. The molecule has 2 aromatic carbocycles. The molecule has 0 aliphatic heterocycles. The number of nitrogens with one attached hydrogen (secondary N) is 1. The van der Waals surface area contributed by atoms with E-state index in [0.717, 1.165) is 31.4 Å². The van der Waals surface area contributed by atoms with E-state index in [1.165, 1.54) is 32.2 Å². The van der Waals surface area contributed by atoms with Gasteiger partial charge in [-0.15, -0.1) is 0 Å². The number of pyridine rings is 1. The number of rotatable bonds is 10. The first-order chi connectivity index (χ1) is 21.9. The Bertz CT molecular complexity index is 1580. The molecule has 1 N–H and O–H groups in total. The van der Waals surface area contributed by atoms with Crippen molar-refractivity contribution in [1.29, 1.82) is 0 Å². The number of hydrogen-bond acceptors (Lipinski definition) is 5. The molecule has 0 spiro atoms. The van der Waals surface area contributed by atoms with Crippen LogP contribution in [0.4, 0.5) is 36.4 Å². The van der Waals surface area contributed by atoms with E-state index < -0.39 is 52.6 Å². The molecule has 0 saturated heterocycles. The number of carbonyl (C=O) groups is 2. The lowest BCUT2D eigenvalue weighted by Crippen LogP contribution is -2.35. The number of halogens is 7. The Balaban J connectivity index is 1.60. The maximum absolute atomic E-state index is 14.0. The van der Waals surface area contributed by atoms with Gasteiger partial charge in [0.05, 0.1) is 41.6 Å². The van der Waals surface area contributed by atoms with Crippen LogP contribution in [0.25, 0.3) is 11.1 Å². The first kappa shape index (κ1) is 35.9. The third kappa shape index (κ3) is 8.70. The highest BCUT2D eigenvalue weighted by molar-refractivity contribution is 5.93. The molecule has 1 aliphatic carbocycles. The Morgan fingerprint density at radius 2 is 1.47 bits per heavy atom. The molecule has 1 fully saturated rings. The number of aromatic nitrogens is 1. The van der Waals surface area contributed by atoms with Gasteiger partial charge in [0.15, 0.2) is 5.78 Å². The fourth-order valence-electron chi connectivity index (χ4n) is 5.98. The van der Waals surface area contributed by atoms with Crippen LogP contribution in [0.15, 0.2) is 48.7 Å². The standard InChI is InChI=1S/C35H37F7N2O3/c1-5-47-32(46)13-21-6-8-22(9-7-21)29-17-28(27-11-10-26(36)12-20(27)2)30(18-43-29)44-19-31(45)33(3,4)23-14-24(34(37,38)39)16-25(15-23)35(40,41)42/h10-12,14-18,21-22,44H,5-9,13,19H2,1-4H3. The molecule has 0 bridgehead atoms. The number of ketones is 1. The fourth-order valence-corrected chi connectivity index (χ4v) is 5.98. The largest absolute Gasteiger partial charge is 0.466 e. The molecule has 3 aromatic rings. The van der Waals surface area contributed by atoms with Crippen LogP contribution >= 0.6 is 0 Å². The lowest BCUT2D eigenvalue weighted by molar-refractivity contribution is -0.145. The molecule has 0 radical (unpaired) electrons. The maximum atomic E-state index is 14.0. The normalized spacial score (nSPS) is 17.3. The average Bonchev–Trinajstić information content (AvgIpc) is 2.99. The first-order valence-corrected chi connectivity index (χ1v) is 15.4. The van der Waals surface area contributed by atoms with Crippen LogP contribution in [0.1, 0.15) is 86.7 Å². The van der Waals surface area contributed by atoms with Crippen LogP contribution in [0.3, 0.4) is 0 Å². The van der Waals surface area contributed by atoms with Crippen LogP contribution in [-0.4, -0.2) is 29.9 Å². The molecule has 0 unspecified atom stereocenters. The lowest BCUT2D eigenvalue weighted by Gasteiger charge is -2.28. The predicted octanol–water partition coefficient (Wildman–Crippen LogP) is 9.42. The Morgan fingerprint density at radius 1 is 0.872 bits per heavy atom. The van der Waals surface area contributed by atoms with Gasteiger partial charge < -0.3 is 10.1 Å². The summed E-state index contributed by atoms with van der Waals surface area (Å²) in [6, 6.07) is 7.28. The van der Waals surface area contributed by atoms with Gasteiger partial charge in [-0.05, 0) is 112 Å². The fraction of sp³-hybridized carbons (Fsp3) is 0.457. The topological polar surface area (TPSA) is 68.3 Å². The van der Waals surface area contributed by atoms with Crippen molar-refractivity contribution in [3.8, 4) is 11.1 Å². The Kier molecular flexibility index (Phi) is 10.7. The van der Waals surface area contributed by atoms with E-state index in [4.69, 9.17) is 4.74 Å². The van der Waals surface area contributed by atoms with Crippen molar-refractivity contribution in [3.05, 3.63) is 82.4 Å². The number of benzene rings is 2. The van der Waals surface area contributed by atoms with Gasteiger partial charge >= 0.3 is 18.3 Å². The minimum absolute atomic E-state index is 0.0275. The first-order valence-electron chi connectivity index (χ1n) is 15.4. The molecular formula is C35H37F7N2O3. The minimum atomic E-state index is -5.05. The second-order valence-electron chi connectivity index (χ2n) is 12.5. The maximum Gasteiger partial charge on any atom is 0.416 e. The third-order valence-corrected chi connectivity index (χ3v) is 8.88. The number of hydrogen-bond donors (Lipinski definition) is 1. The van der Waals surface area contributed by atoms with Crippen LogP contribution in [0.2, 0.25) is 0 Å². The number of ether oxygens (including phenoxy) is 1. The van der Waals surface area contributed by atoms with Gasteiger partial charge in [-0.25, -0.2) is 4.39 Å². The van der Waals surface area contributed by atoms with Crippen molar-refractivity contribution in [1.82, 2.24) is 4.98 Å². The SMILES string of the molecule is CCOC(=O)CC1CCC(c2cc(-c3ccc(F)cc3C)c(NCC(=O)C(C)(C)c3cc(C(F)(F)F)cc(C(F)(F)F)c3)cn2)CC1. The summed E-state index contributed by atoms with van der Waals surface area (Å²) in [7, 11) is 0. The molecular weight excluding hydrogens is 629 g/mol. The van der Waals surface area contributed by atoms with E-state index in [0.29, 0.717) is 47.5 Å². The van der Waals surface area contributed by atoms with Crippen molar-refractivity contribution in [2.45, 2.75) is 83.5 Å². The number of nitrogens with zero attached hydrogens (tertiary/aromatic N) is 1. The third-order valence-electron chi connectivity index (χ3n) is 8.88. The second-order valence-corrected chi connectivity index (χ2v) is 12.5. The highest BCUT2D eigenvalue weighted by atomic mass is 19.4. The molecule has 47 heavy (non-hydrogen) atoms. The summed E-state index contributed by atoms with van der Waals surface area (Å²) in [4.78, 5) is 30.0. The molecule has 5 nitrogen and oxygen atoms in total. The number of carbonyl (C=O) groups excluding carboxylic acids is 2. The van der Waals surface area contributed by atoms with Crippen LogP contribution in [-0.2, 0) is 32.1 Å². The monoisotopic (exact) mass is 666 g/mol. The van der Waals surface area contributed by atoms with Gasteiger partial charge in [0.1, 0.15) is 5.82 Å². The lowest BCUT2D eigenvalue weighted by atomic mass is 9.78. The van der Waals surface area contributed by atoms with Crippen molar-refractivity contribution in [2.75, 3.05) is 18.5 Å². The number of alkyl halides is 6. The zero-order valence-corrected chi connectivity index (χ0v) is 26.5. The zero-order valence-electron chi connectivity index (χ0n) is 26.5. The molecule has 12 heteroatoms. The van der Waals surface area contributed by atoms with E-state index in [2.05, 4.69) is 10.3 Å². The molecule has 1 heterocycles. The molecule has 0 amide bonds. The van der Waals surface area contributed by atoms with Crippen molar-refractivity contribution in [3.63, 3.8) is 0 Å². The van der Waals surface area contributed by atoms with E-state index >= 15 is 0 Å². The zero-order chi connectivity index (χ0) is 34.7. The number of esters is 1. The van der Waals surface area contributed by atoms with E-state index in [1.54, 1.807) is 19.9 Å². The van der Waals surface area contributed by atoms with Gasteiger partial charge in [-0.2, -0.15) is 26.3 Å². The molecule has 1 aliphatic rings. The molecule has 4 rings (SSSR count). The summed E-state index contributed by atoms with van der Waals surface area (Å²) >= 11 is 0. The van der Waals surface area contributed by atoms with Gasteiger partial charge in [0, 0.05) is 23.6 Å². The summed E-state index contributed by atoms with van der Waals surface area (Å²) in [5.41, 5.74) is -2.09. The smallest absolute Gasteiger partial charge is 0.416 e. The van der Waals surface area contributed by atoms with Crippen molar-refractivity contribution in [2.24, 2.45) is 5.92 Å². The highest BCUT2D eigenvalue weighted by Crippen LogP contribution is 2.41. The molecule has 1 aromatic heterocycles. The Morgan fingerprint density at radius 3 is 2.02 bits per heavy atom. The Hall–Kier alpha value is -3.96. The van der Waals surface area contributed by atoms with E-state index in [-0.39, 0.29) is 23.9 Å². The van der Waals surface area contributed by atoms with E-state index in [1.807, 2.05) is 6.07 Å². The summed E-state index contributed by atoms with van der Waals surface area (Å²) in [5, 5.41) is 2.99. The van der Waals surface area contributed by atoms with E-state index in [9.17, 15) is 40.3 Å². The second kappa shape index (κ2) is 14.0. The number of aryl methyl sites for hydroxylation is 1.